The third-order valence-electron chi connectivity index (χ3n) is 4.43. The average Bonchev–Trinajstić information content (AvgIpc) is 2.76. The minimum Gasteiger partial charge on any atom is -0.331 e. The van der Waals surface area contributed by atoms with Crippen molar-refractivity contribution >= 4 is 11.0 Å². The Morgan fingerprint density at radius 1 is 1.26 bits per heavy atom. The van der Waals surface area contributed by atoms with E-state index in [2.05, 4.69) is 24.6 Å². The summed E-state index contributed by atoms with van der Waals surface area (Å²) in [4.78, 5) is 4.79. The number of aromatic nitrogens is 2. The van der Waals surface area contributed by atoms with Crippen LogP contribution in [0.25, 0.3) is 11.0 Å². The lowest BCUT2D eigenvalue weighted by molar-refractivity contribution is 0.337. The van der Waals surface area contributed by atoms with Gasteiger partial charge in [-0.1, -0.05) is 19.8 Å². The first-order valence-electron chi connectivity index (χ1n) is 7.05. The standard InChI is InChI=1S/C16H19N3/c1-11-3-6-13(7-4-11)16-18-14-8-5-12(10-17)9-15(14)19(16)2/h5,8-9,11,13H,3-4,6-7H2,1-2H3. The van der Waals surface area contributed by atoms with Crippen molar-refractivity contribution < 1.29 is 0 Å². The molecule has 1 aromatic carbocycles. The highest BCUT2D eigenvalue weighted by atomic mass is 15.1. The van der Waals surface area contributed by atoms with Crippen LogP contribution in [0, 0.1) is 17.2 Å². The van der Waals surface area contributed by atoms with Crippen molar-refractivity contribution in [3.63, 3.8) is 0 Å². The quantitative estimate of drug-likeness (QED) is 0.777. The summed E-state index contributed by atoms with van der Waals surface area (Å²) in [6, 6.07) is 7.95. The third-order valence-corrected chi connectivity index (χ3v) is 4.43. The molecule has 3 rings (SSSR count). The molecule has 3 heteroatoms. The van der Waals surface area contributed by atoms with Crippen LogP contribution in [0.1, 0.15) is 49.9 Å². The molecule has 0 radical (unpaired) electrons. The van der Waals surface area contributed by atoms with Gasteiger partial charge in [0.05, 0.1) is 22.7 Å². The van der Waals surface area contributed by atoms with Gasteiger partial charge >= 0.3 is 0 Å². The summed E-state index contributed by atoms with van der Waals surface area (Å²) in [5, 5.41) is 8.99. The normalized spacial score (nSPS) is 23.4. The minimum atomic E-state index is 0.583. The minimum absolute atomic E-state index is 0.583. The number of nitrogens with zero attached hydrogens (tertiary/aromatic N) is 3. The average molecular weight is 253 g/mol. The Morgan fingerprint density at radius 3 is 2.68 bits per heavy atom. The summed E-state index contributed by atoms with van der Waals surface area (Å²) in [5.41, 5.74) is 2.79. The third kappa shape index (κ3) is 2.12. The number of fused-ring (bicyclic) bond motifs is 1. The van der Waals surface area contributed by atoms with E-state index in [-0.39, 0.29) is 0 Å². The molecule has 0 bridgehead atoms. The second-order valence-corrected chi connectivity index (χ2v) is 5.80. The molecule has 19 heavy (non-hydrogen) atoms. The van der Waals surface area contributed by atoms with Crippen LogP contribution in [0.5, 0.6) is 0 Å². The van der Waals surface area contributed by atoms with Crippen LogP contribution in [0.4, 0.5) is 0 Å². The first-order chi connectivity index (χ1) is 9.19. The summed E-state index contributed by atoms with van der Waals surface area (Å²) < 4.78 is 2.18. The van der Waals surface area contributed by atoms with Crippen LogP contribution in [0.3, 0.4) is 0 Å². The highest BCUT2D eigenvalue weighted by Crippen LogP contribution is 2.36. The van der Waals surface area contributed by atoms with Crippen LogP contribution >= 0.6 is 0 Å². The summed E-state index contributed by atoms with van der Waals surface area (Å²) in [7, 11) is 2.07. The van der Waals surface area contributed by atoms with Crippen molar-refractivity contribution in [3.8, 4) is 6.07 Å². The Kier molecular flexibility index (Phi) is 3.02. The van der Waals surface area contributed by atoms with Crippen LogP contribution in [-0.2, 0) is 7.05 Å². The van der Waals surface area contributed by atoms with Crippen molar-refractivity contribution in [2.24, 2.45) is 13.0 Å². The number of imidazole rings is 1. The summed E-state index contributed by atoms with van der Waals surface area (Å²) in [5.74, 6) is 2.63. The van der Waals surface area contributed by atoms with Gasteiger partial charge in [-0.25, -0.2) is 4.98 Å². The van der Waals surface area contributed by atoms with Gasteiger partial charge in [0, 0.05) is 13.0 Å². The van der Waals surface area contributed by atoms with Crippen LogP contribution in [0.15, 0.2) is 18.2 Å². The Labute approximate surface area is 113 Å². The van der Waals surface area contributed by atoms with Crippen molar-refractivity contribution in [1.82, 2.24) is 9.55 Å². The lowest BCUT2D eigenvalue weighted by Gasteiger charge is -2.25. The zero-order chi connectivity index (χ0) is 13.4. The Balaban J connectivity index is 2.01. The van der Waals surface area contributed by atoms with Gasteiger partial charge in [0.15, 0.2) is 0 Å². The summed E-state index contributed by atoms with van der Waals surface area (Å²) in [6.07, 6.45) is 5.08. The molecule has 0 spiro atoms. The molecule has 0 unspecified atom stereocenters. The maximum atomic E-state index is 8.99. The second-order valence-electron chi connectivity index (χ2n) is 5.80. The van der Waals surface area contributed by atoms with Crippen molar-refractivity contribution in [1.29, 1.82) is 5.26 Å². The summed E-state index contributed by atoms with van der Waals surface area (Å²) in [6.45, 7) is 2.34. The molecular formula is C16H19N3. The zero-order valence-electron chi connectivity index (χ0n) is 11.6. The Morgan fingerprint density at radius 2 is 2.00 bits per heavy atom. The maximum Gasteiger partial charge on any atom is 0.112 e. The van der Waals surface area contributed by atoms with Gasteiger partial charge in [-0.2, -0.15) is 5.26 Å². The largest absolute Gasteiger partial charge is 0.331 e. The maximum absolute atomic E-state index is 8.99. The number of hydrogen-bond acceptors (Lipinski definition) is 2. The van der Waals surface area contributed by atoms with Gasteiger partial charge < -0.3 is 4.57 Å². The molecule has 0 amide bonds. The molecule has 1 aliphatic carbocycles. The van der Waals surface area contributed by atoms with Gasteiger partial charge in [-0.3, -0.25) is 0 Å². The summed E-state index contributed by atoms with van der Waals surface area (Å²) >= 11 is 0. The highest BCUT2D eigenvalue weighted by Gasteiger charge is 2.23. The Bertz CT molecular complexity index is 640. The Hall–Kier alpha value is -1.82. The van der Waals surface area contributed by atoms with E-state index in [0.717, 1.165) is 17.0 Å². The van der Waals surface area contributed by atoms with E-state index in [4.69, 9.17) is 10.2 Å². The van der Waals surface area contributed by atoms with Crippen LogP contribution in [-0.4, -0.2) is 9.55 Å². The fraction of sp³-hybridized carbons (Fsp3) is 0.500. The first kappa shape index (κ1) is 12.2. The second kappa shape index (κ2) is 4.70. The molecule has 0 aliphatic heterocycles. The lowest BCUT2D eigenvalue weighted by atomic mass is 9.82. The topological polar surface area (TPSA) is 41.6 Å². The number of nitriles is 1. The van der Waals surface area contributed by atoms with Crippen molar-refractivity contribution in [2.45, 2.75) is 38.5 Å². The number of rotatable bonds is 1. The lowest BCUT2D eigenvalue weighted by Crippen LogP contribution is -2.14. The van der Waals surface area contributed by atoms with Crippen molar-refractivity contribution in [2.75, 3.05) is 0 Å². The number of benzene rings is 1. The first-order valence-corrected chi connectivity index (χ1v) is 7.05. The zero-order valence-corrected chi connectivity index (χ0v) is 11.6. The van der Waals surface area contributed by atoms with E-state index in [1.54, 1.807) is 0 Å². The molecule has 0 N–H and O–H groups in total. The van der Waals surface area contributed by atoms with E-state index < -0.39 is 0 Å². The van der Waals surface area contributed by atoms with Gasteiger partial charge in [0.25, 0.3) is 0 Å². The molecule has 1 aliphatic rings. The van der Waals surface area contributed by atoms with Gasteiger partial charge in [-0.05, 0) is 37.0 Å². The van der Waals surface area contributed by atoms with E-state index in [1.807, 2.05) is 18.2 Å². The van der Waals surface area contributed by atoms with Gasteiger partial charge in [0.1, 0.15) is 5.82 Å². The predicted octanol–water partition coefficient (Wildman–Crippen LogP) is 3.74. The monoisotopic (exact) mass is 253 g/mol. The van der Waals surface area contributed by atoms with E-state index in [9.17, 15) is 0 Å². The van der Waals surface area contributed by atoms with Crippen LogP contribution in [0.2, 0.25) is 0 Å². The molecule has 2 aromatic rings. The fourth-order valence-electron chi connectivity index (χ4n) is 3.16. The van der Waals surface area contributed by atoms with Gasteiger partial charge in [0.2, 0.25) is 0 Å². The number of aryl methyl sites for hydroxylation is 1. The molecule has 1 saturated carbocycles. The smallest absolute Gasteiger partial charge is 0.112 e. The SMILES string of the molecule is CC1CCC(c2nc3ccc(C#N)cc3n2C)CC1. The molecule has 1 aromatic heterocycles. The molecule has 1 fully saturated rings. The van der Waals surface area contributed by atoms with Crippen molar-refractivity contribution in [3.05, 3.63) is 29.6 Å². The molecular weight excluding hydrogens is 234 g/mol. The van der Waals surface area contributed by atoms with Crippen LogP contribution < -0.4 is 0 Å². The molecule has 0 saturated heterocycles. The fourth-order valence-corrected chi connectivity index (χ4v) is 3.16. The number of hydrogen-bond donors (Lipinski definition) is 0. The molecule has 3 nitrogen and oxygen atoms in total. The molecule has 98 valence electrons. The molecule has 0 atom stereocenters. The predicted molar refractivity (Wildman–Crippen MR) is 75.8 cm³/mol. The van der Waals surface area contributed by atoms with Gasteiger partial charge in [-0.15, -0.1) is 0 Å². The van der Waals surface area contributed by atoms with E-state index >= 15 is 0 Å². The van der Waals surface area contributed by atoms with E-state index in [1.165, 1.54) is 31.5 Å². The van der Waals surface area contributed by atoms with E-state index in [0.29, 0.717) is 11.5 Å². The molecule has 1 heterocycles. The highest BCUT2D eigenvalue weighted by molar-refractivity contribution is 5.77.